The summed E-state index contributed by atoms with van der Waals surface area (Å²) in [5.41, 5.74) is 1.67. The summed E-state index contributed by atoms with van der Waals surface area (Å²) in [6.45, 7) is 0. The summed E-state index contributed by atoms with van der Waals surface area (Å²) >= 11 is 12.1. The van der Waals surface area contributed by atoms with Gasteiger partial charge in [0, 0.05) is 21.7 Å². The van der Waals surface area contributed by atoms with Crippen molar-refractivity contribution in [3.63, 3.8) is 0 Å². The van der Waals surface area contributed by atoms with E-state index in [2.05, 4.69) is 5.32 Å². The molecule has 0 bridgehead atoms. The number of halogens is 3. The van der Waals surface area contributed by atoms with Crippen LogP contribution in [0.5, 0.6) is 0 Å². The van der Waals surface area contributed by atoms with E-state index < -0.39 is 0 Å². The summed E-state index contributed by atoms with van der Waals surface area (Å²) in [6.07, 6.45) is 1.30. The van der Waals surface area contributed by atoms with Crippen LogP contribution in [0.15, 0.2) is 42.5 Å². The SMILES string of the molecule is CNC(Cc1cccc(Cl)c1)Cc1c(F)cccc1Cl. The maximum absolute atomic E-state index is 13.8. The first-order valence-electron chi connectivity index (χ1n) is 6.44. The van der Waals surface area contributed by atoms with Crippen LogP contribution in [0.1, 0.15) is 11.1 Å². The average Bonchev–Trinajstić information content (AvgIpc) is 2.42. The third-order valence-electron chi connectivity index (χ3n) is 3.29. The van der Waals surface area contributed by atoms with E-state index in [-0.39, 0.29) is 11.9 Å². The molecule has 0 saturated carbocycles. The molecule has 4 heteroatoms. The molecule has 2 rings (SSSR count). The summed E-state index contributed by atoms with van der Waals surface area (Å²) in [4.78, 5) is 0. The van der Waals surface area contributed by atoms with E-state index in [0.29, 0.717) is 22.0 Å². The van der Waals surface area contributed by atoms with E-state index >= 15 is 0 Å². The lowest BCUT2D eigenvalue weighted by Crippen LogP contribution is -2.30. The van der Waals surface area contributed by atoms with Crippen LogP contribution in [0.4, 0.5) is 4.39 Å². The number of likely N-dealkylation sites (N-methyl/N-ethyl adjacent to an activating group) is 1. The molecule has 0 aliphatic carbocycles. The molecule has 0 aliphatic rings. The minimum absolute atomic E-state index is 0.0999. The standard InChI is InChI=1S/C16H16Cl2FN/c1-20-13(9-11-4-2-5-12(17)8-11)10-14-15(18)6-3-7-16(14)19/h2-8,13,20H,9-10H2,1H3. The highest BCUT2D eigenvalue weighted by atomic mass is 35.5. The zero-order valence-corrected chi connectivity index (χ0v) is 12.7. The number of benzene rings is 2. The zero-order valence-electron chi connectivity index (χ0n) is 11.2. The lowest BCUT2D eigenvalue weighted by molar-refractivity contribution is 0.532. The van der Waals surface area contributed by atoms with Gasteiger partial charge in [-0.1, -0.05) is 41.4 Å². The molecule has 0 spiro atoms. The van der Waals surface area contributed by atoms with Gasteiger partial charge in [-0.3, -0.25) is 0 Å². The third-order valence-corrected chi connectivity index (χ3v) is 3.88. The fraction of sp³-hybridized carbons (Fsp3) is 0.250. The minimum Gasteiger partial charge on any atom is -0.316 e. The molecule has 0 saturated heterocycles. The Kier molecular flexibility index (Phi) is 5.41. The molecule has 0 heterocycles. The van der Waals surface area contributed by atoms with Crippen molar-refractivity contribution < 1.29 is 4.39 Å². The average molecular weight is 312 g/mol. The molecule has 20 heavy (non-hydrogen) atoms. The third kappa shape index (κ3) is 3.95. The first-order chi connectivity index (χ1) is 9.60. The molecule has 2 aromatic carbocycles. The Hall–Kier alpha value is -1.09. The van der Waals surface area contributed by atoms with Gasteiger partial charge in [0.05, 0.1) is 0 Å². The van der Waals surface area contributed by atoms with Crippen LogP contribution < -0.4 is 5.32 Å². The Morgan fingerprint density at radius 3 is 2.50 bits per heavy atom. The van der Waals surface area contributed by atoms with Crippen molar-refractivity contribution in [2.75, 3.05) is 7.05 Å². The fourth-order valence-corrected chi connectivity index (χ4v) is 2.65. The quantitative estimate of drug-likeness (QED) is 0.857. The molecule has 106 valence electrons. The van der Waals surface area contributed by atoms with Crippen LogP contribution >= 0.6 is 23.2 Å². The molecule has 0 aliphatic heterocycles. The van der Waals surface area contributed by atoms with Crippen LogP contribution in [-0.4, -0.2) is 13.1 Å². The fourth-order valence-electron chi connectivity index (χ4n) is 2.20. The van der Waals surface area contributed by atoms with Crippen molar-refractivity contribution in [1.29, 1.82) is 0 Å². The number of hydrogen-bond acceptors (Lipinski definition) is 1. The highest BCUT2D eigenvalue weighted by molar-refractivity contribution is 6.31. The van der Waals surface area contributed by atoms with Gasteiger partial charge in [-0.05, 0) is 49.7 Å². The van der Waals surface area contributed by atoms with Gasteiger partial charge in [0.25, 0.3) is 0 Å². The Balaban J connectivity index is 2.13. The molecule has 2 aromatic rings. The smallest absolute Gasteiger partial charge is 0.127 e. The van der Waals surface area contributed by atoms with Gasteiger partial charge < -0.3 is 5.32 Å². The largest absolute Gasteiger partial charge is 0.316 e. The van der Waals surface area contributed by atoms with Crippen molar-refractivity contribution in [2.45, 2.75) is 18.9 Å². The monoisotopic (exact) mass is 311 g/mol. The molecule has 0 aromatic heterocycles. The predicted molar refractivity (Wildman–Crippen MR) is 83.1 cm³/mol. The Morgan fingerprint density at radius 2 is 1.85 bits per heavy atom. The Bertz CT molecular complexity index is 566. The second-order valence-electron chi connectivity index (χ2n) is 4.72. The van der Waals surface area contributed by atoms with Crippen LogP contribution in [-0.2, 0) is 12.8 Å². The van der Waals surface area contributed by atoms with E-state index in [9.17, 15) is 4.39 Å². The second kappa shape index (κ2) is 7.07. The predicted octanol–water partition coefficient (Wildman–Crippen LogP) is 4.51. The highest BCUT2D eigenvalue weighted by Gasteiger charge is 2.14. The van der Waals surface area contributed by atoms with E-state index in [1.165, 1.54) is 6.07 Å². The van der Waals surface area contributed by atoms with Crippen molar-refractivity contribution in [1.82, 2.24) is 5.32 Å². The van der Waals surface area contributed by atoms with Gasteiger partial charge in [-0.15, -0.1) is 0 Å². The van der Waals surface area contributed by atoms with Gasteiger partial charge >= 0.3 is 0 Å². The Labute approximate surface area is 128 Å². The normalized spacial score (nSPS) is 12.4. The van der Waals surface area contributed by atoms with Crippen LogP contribution in [0.25, 0.3) is 0 Å². The van der Waals surface area contributed by atoms with E-state index in [1.807, 2.05) is 31.3 Å². The molecule has 0 amide bonds. The molecule has 1 unspecified atom stereocenters. The van der Waals surface area contributed by atoms with Crippen molar-refractivity contribution in [3.8, 4) is 0 Å². The second-order valence-corrected chi connectivity index (χ2v) is 5.57. The number of hydrogen-bond donors (Lipinski definition) is 1. The highest BCUT2D eigenvalue weighted by Crippen LogP contribution is 2.22. The first kappa shape index (κ1) is 15.3. The summed E-state index contributed by atoms with van der Waals surface area (Å²) in [7, 11) is 1.87. The van der Waals surface area contributed by atoms with Crippen molar-refractivity contribution >= 4 is 23.2 Å². The number of rotatable bonds is 5. The van der Waals surface area contributed by atoms with Gasteiger partial charge in [0.1, 0.15) is 5.82 Å². The molecule has 1 N–H and O–H groups in total. The van der Waals surface area contributed by atoms with E-state index in [1.54, 1.807) is 12.1 Å². The van der Waals surface area contributed by atoms with E-state index in [0.717, 1.165) is 12.0 Å². The molecule has 1 nitrogen and oxygen atoms in total. The van der Waals surface area contributed by atoms with Crippen molar-refractivity contribution in [3.05, 3.63) is 69.5 Å². The lowest BCUT2D eigenvalue weighted by Gasteiger charge is -2.17. The van der Waals surface area contributed by atoms with Gasteiger partial charge in [0.2, 0.25) is 0 Å². The minimum atomic E-state index is -0.260. The molecule has 0 fully saturated rings. The van der Waals surface area contributed by atoms with Crippen LogP contribution in [0.3, 0.4) is 0 Å². The maximum Gasteiger partial charge on any atom is 0.127 e. The summed E-state index contributed by atoms with van der Waals surface area (Å²) in [6, 6.07) is 12.6. The van der Waals surface area contributed by atoms with Gasteiger partial charge in [-0.25, -0.2) is 4.39 Å². The van der Waals surface area contributed by atoms with E-state index in [4.69, 9.17) is 23.2 Å². The topological polar surface area (TPSA) is 12.0 Å². The van der Waals surface area contributed by atoms with Crippen LogP contribution in [0.2, 0.25) is 10.0 Å². The lowest BCUT2D eigenvalue weighted by atomic mass is 9.99. The molecule has 0 radical (unpaired) electrons. The van der Waals surface area contributed by atoms with Crippen LogP contribution in [0, 0.1) is 5.82 Å². The maximum atomic E-state index is 13.8. The summed E-state index contributed by atoms with van der Waals surface area (Å²) in [5.74, 6) is -0.260. The first-order valence-corrected chi connectivity index (χ1v) is 7.20. The summed E-state index contributed by atoms with van der Waals surface area (Å²) < 4.78 is 13.8. The molecule has 1 atom stereocenters. The molecular formula is C16H16Cl2FN. The zero-order chi connectivity index (χ0) is 14.5. The van der Waals surface area contributed by atoms with Gasteiger partial charge in [0.15, 0.2) is 0 Å². The number of nitrogens with one attached hydrogen (secondary N) is 1. The summed E-state index contributed by atoms with van der Waals surface area (Å²) in [5, 5.41) is 4.38. The molecular weight excluding hydrogens is 296 g/mol. The van der Waals surface area contributed by atoms with Gasteiger partial charge in [-0.2, -0.15) is 0 Å². The Morgan fingerprint density at radius 1 is 1.10 bits per heavy atom. The van der Waals surface area contributed by atoms with Crippen molar-refractivity contribution in [2.24, 2.45) is 0 Å².